The molecule has 0 radical (unpaired) electrons. The summed E-state index contributed by atoms with van der Waals surface area (Å²) in [4.78, 5) is 10.1. The van der Waals surface area contributed by atoms with Crippen LogP contribution in [0, 0.1) is 12.7 Å². The molecule has 0 fully saturated rings. The summed E-state index contributed by atoms with van der Waals surface area (Å²) in [6.45, 7) is 2.20. The van der Waals surface area contributed by atoms with Crippen molar-refractivity contribution < 1.29 is 4.39 Å². The molecule has 0 bridgehead atoms. The first-order valence-electron chi connectivity index (χ1n) is 5.52. The molecule has 5 heteroatoms. The minimum atomic E-state index is -0.221. The lowest BCUT2D eigenvalue weighted by Crippen LogP contribution is -2.19. The highest BCUT2D eigenvalue weighted by molar-refractivity contribution is 6.29. The molecule has 0 atom stereocenters. The van der Waals surface area contributed by atoms with Crippen LogP contribution in [-0.4, -0.2) is 17.0 Å². The molecule has 0 unspecified atom stereocenters. The second-order valence-corrected chi connectivity index (χ2v) is 4.43. The van der Waals surface area contributed by atoms with Gasteiger partial charge in [0, 0.05) is 25.2 Å². The zero-order valence-electron chi connectivity index (χ0n) is 10.2. The van der Waals surface area contributed by atoms with Crippen molar-refractivity contribution in [1.82, 2.24) is 9.97 Å². The van der Waals surface area contributed by atoms with Crippen LogP contribution in [0.5, 0.6) is 0 Å². The molecule has 0 aliphatic rings. The van der Waals surface area contributed by atoms with Crippen molar-refractivity contribution in [2.24, 2.45) is 0 Å². The second kappa shape index (κ2) is 5.31. The molecule has 1 aromatic carbocycles. The Morgan fingerprint density at radius 1 is 1.28 bits per heavy atom. The van der Waals surface area contributed by atoms with E-state index in [9.17, 15) is 4.39 Å². The molecule has 1 heterocycles. The lowest BCUT2D eigenvalue weighted by Gasteiger charge is -2.18. The summed E-state index contributed by atoms with van der Waals surface area (Å²) < 4.78 is 13.5. The summed E-state index contributed by atoms with van der Waals surface area (Å²) >= 11 is 5.88. The number of rotatable bonds is 3. The summed E-state index contributed by atoms with van der Waals surface area (Å²) in [6, 6.07) is 8.34. The summed E-state index contributed by atoms with van der Waals surface area (Å²) in [7, 11) is 1.84. The Morgan fingerprint density at radius 3 is 2.67 bits per heavy atom. The molecule has 2 aromatic rings. The van der Waals surface area contributed by atoms with Crippen LogP contribution in [0.15, 0.2) is 30.3 Å². The molecule has 3 nitrogen and oxygen atoms in total. The van der Waals surface area contributed by atoms with Gasteiger partial charge in [0.2, 0.25) is 0 Å². The van der Waals surface area contributed by atoms with Crippen molar-refractivity contribution in [3.8, 4) is 0 Å². The van der Waals surface area contributed by atoms with Crippen molar-refractivity contribution >= 4 is 17.4 Å². The molecule has 0 amide bonds. The molecule has 1 aromatic heterocycles. The van der Waals surface area contributed by atoms with Crippen molar-refractivity contribution in [2.75, 3.05) is 11.9 Å². The van der Waals surface area contributed by atoms with E-state index in [4.69, 9.17) is 11.6 Å². The minimum absolute atomic E-state index is 0.221. The van der Waals surface area contributed by atoms with E-state index < -0.39 is 0 Å². The van der Waals surface area contributed by atoms with Gasteiger partial charge in [-0.1, -0.05) is 29.8 Å². The zero-order valence-corrected chi connectivity index (χ0v) is 10.9. The highest BCUT2D eigenvalue weighted by Gasteiger charge is 2.08. The van der Waals surface area contributed by atoms with Gasteiger partial charge in [0.15, 0.2) is 0 Å². The molecule has 0 N–H and O–H groups in total. The molecule has 0 saturated carbocycles. The second-order valence-electron chi connectivity index (χ2n) is 4.04. The Bertz CT molecular complexity index is 539. The van der Waals surface area contributed by atoms with E-state index in [1.165, 1.54) is 6.07 Å². The normalized spacial score (nSPS) is 10.4. The Morgan fingerprint density at radius 2 is 2.00 bits per heavy atom. The van der Waals surface area contributed by atoms with Crippen LogP contribution < -0.4 is 4.90 Å². The van der Waals surface area contributed by atoms with Gasteiger partial charge in [-0.15, -0.1) is 0 Å². The predicted octanol–water partition coefficient (Wildman–Crippen LogP) is 3.21. The fourth-order valence-electron chi connectivity index (χ4n) is 1.68. The fraction of sp³-hybridized carbons (Fsp3) is 0.231. The first kappa shape index (κ1) is 12.8. The Labute approximate surface area is 110 Å². The highest BCUT2D eigenvalue weighted by Crippen LogP contribution is 2.17. The molecule has 94 valence electrons. The third-order valence-electron chi connectivity index (χ3n) is 2.55. The van der Waals surface area contributed by atoms with E-state index >= 15 is 0 Å². The molecule has 0 spiro atoms. The van der Waals surface area contributed by atoms with Crippen LogP contribution in [0.25, 0.3) is 0 Å². The van der Waals surface area contributed by atoms with Crippen molar-refractivity contribution in [3.05, 3.63) is 52.7 Å². The summed E-state index contributed by atoms with van der Waals surface area (Å²) in [6.07, 6.45) is 0. The van der Waals surface area contributed by atoms with Gasteiger partial charge in [-0.3, -0.25) is 0 Å². The highest BCUT2D eigenvalue weighted by atomic mass is 35.5. The van der Waals surface area contributed by atoms with Crippen LogP contribution in [0.4, 0.5) is 10.2 Å². The van der Waals surface area contributed by atoms with Gasteiger partial charge in [0.05, 0.1) is 0 Å². The number of hydrogen-bond donors (Lipinski definition) is 0. The maximum absolute atomic E-state index is 13.5. The Balaban J connectivity index is 2.22. The average Bonchev–Trinajstić information content (AvgIpc) is 2.31. The maximum Gasteiger partial charge on any atom is 0.134 e. The number of anilines is 1. The quantitative estimate of drug-likeness (QED) is 0.798. The van der Waals surface area contributed by atoms with Gasteiger partial charge in [0.1, 0.15) is 22.6 Å². The number of hydrogen-bond acceptors (Lipinski definition) is 3. The van der Waals surface area contributed by atoms with E-state index in [1.54, 1.807) is 25.1 Å². The zero-order chi connectivity index (χ0) is 13.1. The minimum Gasteiger partial charge on any atom is -0.355 e. The Hall–Kier alpha value is -1.68. The van der Waals surface area contributed by atoms with Crippen LogP contribution in [0.3, 0.4) is 0 Å². The summed E-state index contributed by atoms with van der Waals surface area (Å²) in [5.41, 5.74) is 0.618. The first-order valence-corrected chi connectivity index (χ1v) is 5.90. The molecular formula is C13H13ClFN3. The molecule has 2 rings (SSSR count). The number of nitrogens with zero attached hydrogens (tertiary/aromatic N) is 3. The molecule has 18 heavy (non-hydrogen) atoms. The summed E-state index contributed by atoms with van der Waals surface area (Å²) in [5, 5.41) is 0.387. The van der Waals surface area contributed by atoms with E-state index in [2.05, 4.69) is 9.97 Å². The smallest absolute Gasteiger partial charge is 0.134 e. The molecular weight excluding hydrogens is 253 g/mol. The molecule has 0 saturated heterocycles. The molecule has 0 aliphatic carbocycles. The van der Waals surface area contributed by atoms with Crippen LogP contribution in [0.1, 0.15) is 11.4 Å². The third-order valence-corrected chi connectivity index (χ3v) is 2.74. The predicted molar refractivity (Wildman–Crippen MR) is 70.3 cm³/mol. The van der Waals surface area contributed by atoms with Crippen molar-refractivity contribution in [2.45, 2.75) is 13.5 Å². The lowest BCUT2D eigenvalue weighted by atomic mass is 10.2. The van der Waals surface area contributed by atoms with Gasteiger partial charge in [-0.2, -0.15) is 0 Å². The van der Waals surface area contributed by atoms with Gasteiger partial charge in [-0.05, 0) is 13.0 Å². The van der Waals surface area contributed by atoms with E-state index in [0.29, 0.717) is 28.9 Å². The average molecular weight is 266 g/mol. The van der Waals surface area contributed by atoms with Crippen molar-refractivity contribution in [3.63, 3.8) is 0 Å². The number of aromatic nitrogens is 2. The lowest BCUT2D eigenvalue weighted by molar-refractivity contribution is 0.607. The fourth-order valence-corrected chi connectivity index (χ4v) is 1.90. The third kappa shape index (κ3) is 2.96. The van der Waals surface area contributed by atoms with Gasteiger partial charge in [-0.25, -0.2) is 14.4 Å². The standard InChI is InChI=1S/C13H13ClFN3/c1-9-16-12(14)7-13(17-9)18(2)8-10-5-3-4-6-11(10)15/h3-7H,8H2,1-2H3. The number of halogens is 2. The Kier molecular flexibility index (Phi) is 3.77. The molecule has 0 aliphatic heterocycles. The van der Waals surface area contributed by atoms with Crippen LogP contribution >= 0.6 is 11.6 Å². The van der Waals surface area contributed by atoms with E-state index in [1.807, 2.05) is 18.0 Å². The first-order chi connectivity index (χ1) is 8.56. The van der Waals surface area contributed by atoms with E-state index in [0.717, 1.165) is 0 Å². The van der Waals surface area contributed by atoms with Crippen LogP contribution in [-0.2, 0) is 6.54 Å². The van der Waals surface area contributed by atoms with Gasteiger partial charge < -0.3 is 4.90 Å². The maximum atomic E-state index is 13.5. The number of benzene rings is 1. The van der Waals surface area contributed by atoms with Crippen LogP contribution in [0.2, 0.25) is 5.15 Å². The van der Waals surface area contributed by atoms with Crippen molar-refractivity contribution in [1.29, 1.82) is 0 Å². The van der Waals surface area contributed by atoms with Gasteiger partial charge >= 0.3 is 0 Å². The van der Waals surface area contributed by atoms with E-state index in [-0.39, 0.29) is 5.82 Å². The topological polar surface area (TPSA) is 29.0 Å². The monoisotopic (exact) mass is 265 g/mol. The van der Waals surface area contributed by atoms with Gasteiger partial charge in [0.25, 0.3) is 0 Å². The largest absolute Gasteiger partial charge is 0.355 e. The number of aryl methyl sites for hydroxylation is 1. The summed E-state index contributed by atoms with van der Waals surface area (Å²) in [5.74, 6) is 1.05. The SMILES string of the molecule is Cc1nc(Cl)cc(N(C)Cc2ccccc2F)n1.